The van der Waals surface area contributed by atoms with Crippen molar-refractivity contribution in [3.63, 3.8) is 0 Å². The SMILES string of the molecule is CCCn1cncc1CNCCCCC(F)(F)F. The molecule has 1 aromatic rings. The minimum atomic E-state index is -4.03. The molecule has 0 aromatic carbocycles. The number of imidazole rings is 1. The second-order valence-electron chi connectivity index (χ2n) is 4.33. The zero-order chi connectivity index (χ0) is 13.4. The molecule has 0 fully saturated rings. The summed E-state index contributed by atoms with van der Waals surface area (Å²) in [6.45, 7) is 4.28. The lowest BCUT2D eigenvalue weighted by Crippen LogP contribution is -2.18. The van der Waals surface area contributed by atoms with Gasteiger partial charge in [0, 0.05) is 25.7 Å². The number of nitrogens with zero attached hydrogens (tertiary/aromatic N) is 2. The van der Waals surface area contributed by atoms with Crippen LogP contribution in [0.15, 0.2) is 12.5 Å². The molecule has 18 heavy (non-hydrogen) atoms. The lowest BCUT2D eigenvalue weighted by molar-refractivity contribution is -0.135. The van der Waals surface area contributed by atoms with E-state index in [1.165, 1.54) is 0 Å². The van der Waals surface area contributed by atoms with Gasteiger partial charge in [-0.15, -0.1) is 0 Å². The normalized spacial score (nSPS) is 12.0. The van der Waals surface area contributed by atoms with E-state index in [4.69, 9.17) is 0 Å². The van der Waals surface area contributed by atoms with Crippen molar-refractivity contribution < 1.29 is 13.2 Å². The molecule has 0 saturated heterocycles. The Kier molecular flexibility index (Phi) is 6.18. The molecular weight excluding hydrogens is 243 g/mol. The number of rotatable bonds is 8. The minimum absolute atomic E-state index is 0.185. The third-order valence-electron chi connectivity index (χ3n) is 2.63. The van der Waals surface area contributed by atoms with Gasteiger partial charge in [0.2, 0.25) is 0 Å². The summed E-state index contributed by atoms with van der Waals surface area (Å²) >= 11 is 0. The highest BCUT2D eigenvalue weighted by atomic mass is 19.4. The Morgan fingerprint density at radius 1 is 1.33 bits per heavy atom. The van der Waals surface area contributed by atoms with Crippen molar-refractivity contribution in [2.45, 2.75) is 51.9 Å². The number of nitrogens with one attached hydrogen (secondary N) is 1. The van der Waals surface area contributed by atoms with Gasteiger partial charge in [0.15, 0.2) is 0 Å². The van der Waals surface area contributed by atoms with Gasteiger partial charge in [0.05, 0.1) is 12.0 Å². The van der Waals surface area contributed by atoms with Crippen LogP contribution < -0.4 is 5.32 Å². The molecule has 0 aliphatic rings. The van der Waals surface area contributed by atoms with Gasteiger partial charge >= 0.3 is 6.18 Å². The summed E-state index contributed by atoms with van der Waals surface area (Å²) < 4.78 is 37.7. The van der Waals surface area contributed by atoms with E-state index < -0.39 is 12.6 Å². The third-order valence-corrected chi connectivity index (χ3v) is 2.63. The first-order chi connectivity index (χ1) is 8.53. The van der Waals surface area contributed by atoms with Crippen LogP contribution in [0.2, 0.25) is 0 Å². The van der Waals surface area contributed by atoms with E-state index in [0.29, 0.717) is 19.5 Å². The molecule has 0 amide bonds. The maximum atomic E-state index is 11.9. The molecule has 104 valence electrons. The number of hydrogen-bond acceptors (Lipinski definition) is 2. The van der Waals surface area contributed by atoms with Crippen LogP contribution >= 0.6 is 0 Å². The first-order valence-corrected chi connectivity index (χ1v) is 6.29. The highest BCUT2D eigenvalue weighted by molar-refractivity contribution is 4.97. The molecule has 6 heteroatoms. The zero-order valence-electron chi connectivity index (χ0n) is 10.6. The van der Waals surface area contributed by atoms with Crippen LogP contribution in [0.1, 0.15) is 38.3 Å². The maximum absolute atomic E-state index is 11.9. The summed E-state index contributed by atoms with van der Waals surface area (Å²) in [6.07, 6.45) is 0.617. The summed E-state index contributed by atoms with van der Waals surface area (Å²) in [7, 11) is 0. The first-order valence-electron chi connectivity index (χ1n) is 6.29. The van der Waals surface area contributed by atoms with Gasteiger partial charge in [-0.1, -0.05) is 6.92 Å². The van der Waals surface area contributed by atoms with E-state index in [0.717, 1.165) is 18.7 Å². The Hall–Kier alpha value is -1.04. The molecule has 1 heterocycles. The summed E-state index contributed by atoms with van der Waals surface area (Å²) in [5.74, 6) is 0. The molecule has 0 bridgehead atoms. The Morgan fingerprint density at radius 2 is 2.11 bits per heavy atom. The van der Waals surface area contributed by atoms with Crippen LogP contribution in [0.4, 0.5) is 13.2 Å². The maximum Gasteiger partial charge on any atom is 0.389 e. The topological polar surface area (TPSA) is 29.9 Å². The second kappa shape index (κ2) is 7.41. The van der Waals surface area contributed by atoms with E-state index in [1.54, 1.807) is 12.5 Å². The van der Waals surface area contributed by atoms with Crippen molar-refractivity contribution >= 4 is 0 Å². The molecule has 0 saturated carbocycles. The fourth-order valence-electron chi connectivity index (χ4n) is 1.73. The van der Waals surface area contributed by atoms with Crippen LogP contribution in [0.3, 0.4) is 0 Å². The number of aromatic nitrogens is 2. The van der Waals surface area contributed by atoms with E-state index in [-0.39, 0.29) is 6.42 Å². The van der Waals surface area contributed by atoms with Crippen molar-refractivity contribution in [2.24, 2.45) is 0 Å². The van der Waals surface area contributed by atoms with Crippen LogP contribution in [-0.4, -0.2) is 22.3 Å². The second-order valence-corrected chi connectivity index (χ2v) is 4.33. The molecule has 3 nitrogen and oxygen atoms in total. The summed E-state index contributed by atoms with van der Waals surface area (Å²) in [6, 6.07) is 0. The fraction of sp³-hybridized carbons (Fsp3) is 0.750. The van der Waals surface area contributed by atoms with Crippen LogP contribution in [0.5, 0.6) is 0 Å². The van der Waals surface area contributed by atoms with Crippen molar-refractivity contribution in [1.82, 2.24) is 14.9 Å². The highest BCUT2D eigenvalue weighted by Gasteiger charge is 2.25. The Bertz CT molecular complexity index is 334. The largest absolute Gasteiger partial charge is 0.389 e. The van der Waals surface area contributed by atoms with Gasteiger partial charge < -0.3 is 9.88 Å². The summed E-state index contributed by atoms with van der Waals surface area (Å²) in [5, 5.41) is 3.14. The molecule has 1 rings (SSSR count). The molecule has 0 spiro atoms. The van der Waals surface area contributed by atoms with Gasteiger partial charge in [0.25, 0.3) is 0 Å². The third kappa shape index (κ3) is 6.05. The predicted octanol–water partition coefficient (Wildman–Crippen LogP) is 3.12. The molecule has 1 N–H and O–H groups in total. The van der Waals surface area contributed by atoms with Gasteiger partial charge in [-0.3, -0.25) is 0 Å². The van der Waals surface area contributed by atoms with Crippen molar-refractivity contribution in [3.8, 4) is 0 Å². The number of aryl methyl sites for hydroxylation is 1. The van der Waals surface area contributed by atoms with Gasteiger partial charge in [0.1, 0.15) is 0 Å². The average Bonchev–Trinajstić information content (AvgIpc) is 2.70. The summed E-state index contributed by atoms with van der Waals surface area (Å²) in [5.41, 5.74) is 1.08. The van der Waals surface area contributed by atoms with Crippen molar-refractivity contribution in [2.75, 3.05) is 6.54 Å². The Labute approximate surface area is 105 Å². The molecular formula is C12H20F3N3. The van der Waals surface area contributed by atoms with Gasteiger partial charge in [-0.25, -0.2) is 4.98 Å². The van der Waals surface area contributed by atoms with Crippen molar-refractivity contribution in [3.05, 3.63) is 18.2 Å². The molecule has 0 aliphatic heterocycles. The lowest BCUT2D eigenvalue weighted by Gasteiger charge is -2.09. The standard InChI is InChI=1S/C12H20F3N3/c1-2-7-18-10-17-9-11(18)8-16-6-4-3-5-12(13,14)15/h9-10,16H,2-8H2,1H3. The average molecular weight is 263 g/mol. The lowest BCUT2D eigenvalue weighted by atomic mass is 10.2. The minimum Gasteiger partial charge on any atom is -0.333 e. The zero-order valence-corrected chi connectivity index (χ0v) is 10.6. The quantitative estimate of drug-likeness (QED) is 0.730. The highest BCUT2D eigenvalue weighted by Crippen LogP contribution is 2.21. The van der Waals surface area contributed by atoms with Crippen molar-refractivity contribution in [1.29, 1.82) is 0 Å². The van der Waals surface area contributed by atoms with E-state index in [2.05, 4.69) is 21.8 Å². The van der Waals surface area contributed by atoms with E-state index in [1.807, 2.05) is 0 Å². The molecule has 0 radical (unpaired) electrons. The van der Waals surface area contributed by atoms with E-state index in [9.17, 15) is 13.2 Å². The van der Waals surface area contributed by atoms with Gasteiger partial charge in [-0.05, 0) is 25.8 Å². The fourth-order valence-corrected chi connectivity index (χ4v) is 1.73. The number of alkyl halides is 3. The molecule has 1 aromatic heterocycles. The number of halogens is 3. The number of unbranched alkanes of at least 4 members (excludes halogenated alkanes) is 1. The smallest absolute Gasteiger partial charge is 0.333 e. The predicted molar refractivity (Wildman–Crippen MR) is 64.1 cm³/mol. The molecule has 0 unspecified atom stereocenters. The molecule has 0 atom stereocenters. The van der Waals surface area contributed by atoms with Crippen LogP contribution in [-0.2, 0) is 13.1 Å². The molecule has 0 aliphatic carbocycles. The van der Waals surface area contributed by atoms with Crippen LogP contribution in [0.25, 0.3) is 0 Å². The first kappa shape index (κ1) is 15.0. The number of hydrogen-bond donors (Lipinski definition) is 1. The van der Waals surface area contributed by atoms with Gasteiger partial charge in [-0.2, -0.15) is 13.2 Å². The Balaban J connectivity index is 2.12. The van der Waals surface area contributed by atoms with Crippen LogP contribution in [0, 0.1) is 0 Å². The van der Waals surface area contributed by atoms with E-state index >= 15 is 0 Å². The summed E-state index contributed by atoms with van der Waals surface area (Å²) in [4.78, 5) is 4.06. The Morgan fingerprint density at radius 3 is 2.78 bits per heavy atom. The monoisotopic (exact) mass is 263 g/mol.